The van der Waals surface area contributed by atoms with E-state index in [4.69, 9.17) is 9.47 Å². The average Bonchev–Trinajstić information content (AvgIpc) is 3.26. The highest BCUT2D eigenvalue weighted by Crippen LogP contribution is 2.62. The highest BCUT2D eigenvalue weighted by atomic mass is 32.2. The maximum absolute atomic E-state index is 14.0. The normalized spacial score (nSPS) is 23.7. The summed E-state index contributed by atoms with van der Waals surface area (Å²) < 4.78 is 37.9. The number of nitrogens with zero attached hydrogens (tertiary/aromatic N) is 1. The Morgan fingerprint density at radius 1 is 1.09 bits per heavy atom. The van der Waals surface area contributed by atoms with Crippen LogP contribution in [0.3, 0.4) is 0 Å². The molecule has 2 aromatic rings. The lowest BCUT2D eigenvalue weighted by molar-refractivity contribution is -0.162. The Bertz CT molecular complexity index is 1220. The van der Waals surface area contributed by atoms with Crippen LogP contribution in [0.2, 0.25) is 0 Å². The summed E-state index contributed by atoms with van der Waals surface area (Å²) >= 11 is 0. The zero-order valence-corrected chi connectivity index (χ0v) is 19.4. The van der Waals surface area contributed by atoms with Crippen LogP contribution in [0, 0.1) is 12.3 Å². The molecule has 0 saturated carbocycles. The number of carbonyl (C=O) groups excluding carboxylic acids is 3. The first-order valence-corrected chi connectivity index (χ1v) is 12.1. The number of methoxy groups -OCH3 is 1. The molecular formula is C24H25NO7S. The molecule has 1 aliphatic heterocycles. The van der Waals surface area contributed by atoms with Crippen molar-refractivity contribution in [3.8, 4) is 0 Å². The molecule has 0 radical (unpaired) electrons. The standard InChI is InChI=1S/C24H25NO7S/c1-4-32-23(28)24-19(13-21(26)31-3)17-7-5-6-8-18(17)20(24)14-25(22(24)27)33(29,30)16-11-9-15(2)10-12-16/h5-12,19-20H,4,13-14H2,1-3H3/t19-,20-,24-/m1/s1. The molecule has 174 valence electrons. The molecule has 0 unspecified atom stereocenters. The molecule has 0 spiro atoms. The van der Waals surface area contributed by atoms with E-state index in [0.29, 0.717) is 11.1 Å². The van der Waals surface area contributed by atoms with Crippen molar-refractivity contribution in [2.45, 2.75) is 37.0 Å². The molecule has 3 atom stereocenters. The van der Waals surface area contributed by atoms with Crippen LogP contribution in [0.1, 0.15) is 41.9 Å². The van der Waals surface area contributed by atoms with E-state index >= 15 is 0 Å². The lowest BCUT2D eigenvalue weighted by atomic mass is 9.70. The molecule has 0 N–H and O–H groups in total. The molecule has 1 heterocycles. The summed E-state index contributed by atoms with van der Waals surface area (Å²) in [7, 11) is -3.01. The Kier molecular flexibility index (Phi) is 5.78. The molecule has 1 fully saturated rings. The van der Waals surface area contributed by atoms with E-state index in [9.17, 15) is 22.8 Å². The number of rotatable bonds is 6. The molecule has 1 saturated heterocycles. The van der Waals surface area contributed by atoms with Crippen molar-refractivity contribution in [3.63, 3.8) is 0 Å². The van der Waals surface area contributed by atoms with Gasteiger partial charge in [-0.05, 0) is 37.1 Å². The molecule has 4 rings (SSSR count). The summed E-state index contributed by atoms with van der Waals surface area (Å²) in [5.41, 5.74) is 0.316. The van der Waals surface area contributed by atoms with E-state index in [0.717, 1.165) is 9.87 Å². The van der Waals surface area contributed by atoms with Crippen molar-refractivity contribution < 1.29 is 32.3 Å². The van der Waals surface area contributed by atoms with Gasteiger partial charge in [-0.1, -0.05) is 42.0 Å². The summed E-state index contributed by atoms with van der Waals surface area (Å²) in [6, 6.07) is 13.2. The van der Waals surface area contributed by atoms with Gasteiger partial charge >= 0.3 is 11.9 Å². The predicted octanol–water partition coefficient (Wildman–Crippen LogP) is 2.52. The number of benzene rings is 2. The maximum atomic E-state index is 14.0. The lowest BCUT2D eigenvalue weighted by Gasteiger charge is -2.31. The lowest BCUT2D eigenvalue weighted by Crippen LogP contribution is -2.47. The van der Waals surface area contributed by atoms with Crippen molar-refractivity contribution in [1.82, 2.24) is 4.31 Å². The van der Waals surface area contributed by atoms with E-state index in [1.807, 2.05) is 6.92 Å². The Hall–Kier alpha value is -3.20. The number of fused-ring (bicyclic) bond motifs is 3. The predicted molar refractivity (Wildman–Crippen MR) is 118 cm³/mol. The molecule has 33 heavy (non-hydrogen) atoms. The quantitative estimate of drug-likeness (QED) is 0.471. The number of hydrogen-bond donors (Lipinski definition) is 0. The van der Waals surface area contributed by atoms with E-state index in [1.165, 1.54) is 19.2 Å². The molecule has 9 heteroatoms. The zero-order valence-electron chi connectivity index (χ0n) is 18.6. The van der Waals surface area contributed by atoms with Crippen LogP contribution in [-0.2, 0) is 33.9 Å². The van der Waals surface area contributed by atoms with E-state index in [2.05, 4.69) is 0 Å². The number of aryl methyl sites for hydroxylation is 1. The Morgan fingerprint density at radius 3 is 2.33 bits per heavy atom. The fourth-order valence-corrected chi connectivity index (χ4v) is 6.51. The first-order chi connectivity index (χ1) is 15.7. The highest BCUT2D eigenvalue weighted by Gasteiger charge is 2.71. The summed E-state index contributed by atoms with van der Waals surface area (Å²) in [5.74, 6) is -4.00. The minimum Gasteiger partial charge on any atom is -0.469 e. The average molecular weight is 472 g/mol. The number of esters is 2. The van der Waals surface area contributed by atoms with Gasteiger partial charge in [-0.25, -0.2) is 12.7 Å². The second-order valence-corrected chi connectivity index (χ2v) is 10.1. The second-order valence-electron chi connectivity index (χ2n) is 8.26. The van der Waals surface area contributed by atoms with Crippen LogP contribution >= 0.6 is 0 Å². The molecule has 1 aliphatic carbocycles. The van der Waals surface area contributed by atoms with Gasteiger partial charge in [0.05, 0.1) is 25.0 Å². The van der Waals surface area contributed by atoms with Crippen LogP contribution in [0.25, 0.3) is 0 Å². The number of ether oxygens (including phenoxy) is 2. The van der Waals surface area contributed by atoms with Gasteiger partial charge in [0.15, 0.2) is 5.41 Å². The van der Waals surface area contributed by atoms with Gasteiger partial charge in [0.2, 0.25) is 0 Å². The monoisotopic (exact) mass is 471 g/mol. The second kappa shape index (κ2) is 8.30. The van der Waals surface area contributed by atoms with Crippen molar-refractivity contribution in [3.05, 3.63) is 65.2 Å². The van der Waals surface area contributed by atoms with Gasteiger partial charge in [0.1, 0.15) is 0 Å². The number of hydrogen-bond acceptors (Lipinski definition) is 7. The molecule has 0 aromatic heterocycles. The Labute approximate surface area is 192 Å². The molecule has 2 aliphatic rings. The summed E-state index contributed by atoms with van der Waals surface area (Å²) in [5, 5.41) is 0. The number of sulfonamides is 1. The first kappa shape index (κ1) is 23.0. The van der Waals surface area contributed by atoms with Crippen LogP contribution in [-0.4, -0.2) is 50.8 Å². The summed E-state index contributed by atoms with van der Waals surface area (Å²) in [4.78, 5) is 39.7. The van der Waals surface area contributed by atoms with Crippen molar-refractivity contribution in [1.29, 1.82) is 0 Å². The SMILES string of the molecule is CCOC(=O)[C@@]12C(=O)N(S(=O)(=O)c3ccc(C)cc3)C[C@@H]1c1ccccc1[C@H]2CC(=O)OC. The molecule has 0 bridgehead atoms. The topological polar surface area (TPSA) is 107 Å². The highest BCUT2D eigenvalue weighted by molar-refractivity contribution is 7.89. The van der Waals surface area contributed by atoms with Crippen molar-refractivity contribution in [2.24, 2.45) is 5.41 Å². The van der Waals surface area contributed by atoms with Crippen molar-refractivity contribution >= 4 is 27.9 Å². The smallest absolute Gasteiger partial charge is 0.323 e. The van der Waals surface area contributed by atoms with Gasteiger partial charge in [-0.15, -0.1) is 0 Å². The third kappa shape index (κ3) is 3.33. The van der Waals surface area contributed by atoms with Gasteiger partial charge in [-0.3, -0.25) is 14.4 Å². The number of amides is 1. The third-order valence-corrected chi connectivity index (χ3v) is 8.36. The molecular weight excluding hydrogens is 446 g/mol. The van der Waals surface area contributed by atoms with Gasteiger partial charge < -0.3 is 9.47 Å². The largest absolute Gasteiger partial charge is 0.469 e. The van der Waals surface area contributed by atoms with E-state index < -0.39 is 45.1 Å². The third-order valence-electron chi connectivity index (χ3n) is 6.60. The van der Waals surface area contributed by atoms with E-state index in [-0.39, 0.29) is 24.5 Å². The van der Waals surface area contributed by atoms with Gasteiger partial charge in [0.25, 0.3) is 15.9 Å². The van der Waals surface area contributed by atoms with Crippen LogP contribution < -0.4 is 0 Å². The molecule has 1 amide bonds. The van der Waals surface area contributed by atoms with E-state index in [1.54, 1.807) is 43.3 Å². The fourth-order valence-electron chi connectivity index (χ4n) is 5.06. The molecule has 8 nitrogen and oxygen atoms in total. The van der Waals surface area contributed by atoms with Crippen molar-refractivity contribution in [2.75, 3.05) is 20.3 Å². The Balaban J connectivity index is 1.90. The summed E-state index contributed by atoms with van der Waals surface area (Å²) in [6.45, 7) is 3.22. The van der Waals surface area contributed by atoms with Gasteiger partial charge in [0, 0.05) is 18.4 Å². The minimum absolute atomic E-state index is 0.00653. The number of carbonyl (C=O) groups is 3. The zero-order chi connectivity index (χ0) is 24.0. The van der Waals surface area contributed by atoms with Gasteiger partial charge in [-0.2, -0.15) is 0 Å². The molecule has 2 aromatic carbocycles. The Morgan fingerprint density at radius 2 is 1.73 bits per heavy atom. The van der Waals surface area contributed by atoms with Crippen LogP contribution in [0.15, 0.2) is 53.4 Å². The summed E-state index contributed by atoms with van der Waals surface area (Å²) in [6.07, 6.45) is -0.257. The van der Waals surface area contributed by atoms with Crippen LogP contribution in [0.4, 0.5) is 0 Å². The minimum atomic E-state index is -4.23. The van der Waals surface area contributed by atoms with Crippen LogP contribution in [0.5, 0.6) is 0 Å². The fraction of sp³-hybridized carbons (Fsp3) is 0.375. The maximum Gasteiger partial charge on any atom is 0.323 e. The first-order valence-electron chi connectivity index (χ1n) is 10.7.